The van der Waals surface area contributed by atoms with E-state index in [1.54, 1.807) is 55.5 Å². The maximum atomic E-state index is 12.7. The minimum atomic E-state index is -1.19. The van der Waals surface area contributed by atoms with Gasteiger partial charge in [-0.05, 0) is 36.3 Å². The number of nitrogens with zero attached hydrogens (tertiary/aromatic N) is 1. The lowest BCUT2D eigenvalue weighted by molar-refractivity contribution is -0.129. The Morgan fingerprint density at radius 3 is 2.54 bits per heavy atom. The average molecular weight is 378 g/mol. The molecule has 0 bridgehead atoms. The van der Waals surface area contributed by atoms with Crippen molar-refractivity contribution in [2.24, 2.45) is 5.16 Å². The van der Waals surface area contributed by atoms with Gasteiger partial charge in [0.15, 0.2) is 11.0 Å². The Kier molecular flexibility index (Phi) is 7.17. The number of aliphatic carboxylic acids is 1. The zero-order valence-electron chi connectivity index (χ0n) is 14.0. The van der Waals surface area contributed by atoms with Crippen LogP contribution in [0, 0.1) is 0 Å². The number of halogens is 2. The Hall–Kier alpha value is -2.86. The molecule has 0 saturated carbocycles. The molecular formula is C19H17ClFNO4. The Morgan fingerprint density at radius 1 is 1.23 bits per heavy atom. The van der Waals surface area contributed by atoms with Crippen LogP contribution in [0.25, 0.3) is 6.08 Å². The minimum absolute atomic E-state index is 0.133. The first-order chi connectivity index (χ1) is 12.5. The summed E-state index contributed by atoms with van der Waals surface area (Å²) >= 11 is 5.20. The van der Waals surface area contributed by atoms with Gasteiger partial charge < -0.3 is 14.7 Å². The Morgan fingerprint density at radius 2 is 1.92 bits per heavy atom. The van der Waals surface area contributed by atoms with Crippen LogP contribution in [0.4, 0.5) is 4.39 Å². The summed E-state index contributed by atoms with van der Waals surface area (Å²) in [7, 11) is 0. The number of ether oxygens (including phenoxy) is 1. The van der Waals surface area contributed by atoms with Crippen molar-refractivity contribution in [3.05, 3.63) is 70.5 Å². The molecule has 2 aromatic carbocycles. The fourth-order valence-corrected chi connectivity index (χ4v) is 2.28. The monoisotopic (exact) mass is 377 g/mol. The number of benzene rings is 2. The van der Waals surface area contributed by atoms with E-state index in [1.165, 1.54) is 6.08 Å². The van der Waals surface area contributed by atoms with Crippen molar-refractivity contribution in [3.8, 4) is 5.75 Å². The van der Waals surface area contributed by atoms with E-state index in [1.807, 2.05) is 0 Å². The first-order valence-electron chi connectivity index (χ1n) is 7.78. The third-order valence-electron chi connectivity index (χ3n) is 3.31. The van der Waals surface area contributed by atoms with Crippen molar-refractivity contribution >= 4 is 29.4 Å². The SMILES string of the molecule is CCO/N=C(/C(=O)O)c1ccccc1COc1ccc(C=C(F)Cl)cc1. The van der Waals surface area contributed by atoms with Crippen molar-refractivity contribution in [1.82, 2.24) is 0 Å². The van der Waals surface area contributed by atoms with Crippen molar-refractivity contribution in [2.75, 3.05) is 6.61 Å². The molecule has 7 heteroatoms. The fraction of sp³-hybridized carbons (Fsp3) is 0.158. The zero-order chi connectivity index (χ0) is 18.9. The summed E-state index contributed by atoms with van der Waals surface area (Å²) < 4.78 is 18.3. The molecule has 0 amide bonds. The number of carboxylic acids is 1. The average Bonchev–Trinajstić information content (AvgIpc) is 2.61. The van der Waals surface area contributed by atoms with Crippen LogP contribution in [0.2, 0.25) is 0 Å². The molecule has 2 aromatic rings. The molecule has 1 N–H and O–H groups in total. The van der Waals surface area contributed by atoms with Gasteiger partial charge in [0.25, 0.3) is 0 Å². The Bertz CT molecular complexity index is 815. The van der Waals surface area contributed by atoms with E-state index in [-0.39, 0.29) is 18.9 Å². The van der Waals surface area contributed by atoms with Crippen LogP contribution in [0.1, 0.15) is 23.6 Å². The predicted molar refractivity (Wildman–Crippen MR) is 98.0 cm³/mol. The molecule has 0 heterocycles. The molecule has 0 aromatic heterocycles. The number of carboxylic acid groups (broad SMARTS) is 1. The van der Waals surface area contributed by atoms with Gasteiger partial charge in [-0.2, -0.15) is 4.39 Å². The van der Waals surface area contributed by atoms with Crippen LogP contribution in [0.5, 0.6) is 5.75 Å². The normalized spacial score (nSPS) is 12.0. The van der Waals surface area contributed by atoms with Crippen molar-refractivity contribution < 1.29 is 23.9 Å². The highest BCUT2D eigenvalue weighted by molar-refractivity contribution is 6.42. The molecule has 0 radical (unpaired) electrons. The van der Waals surface area contributed by atoms with Gasteiger partial charge in [-0.1, -0.05) is 53.2 Å². The second-order valence-corrected chi connectivity index (χ2v) is 5.47. The van der Waals surface area contributed by atoms with Gasteiger partial charge in [0.05, 0.1) is 0 Å². The number of carbonyl (C=O) groups is 1. The first kappa shape index (κ1) is 19.5. The molecule has 136 valence electrons. The quantitative estimate of drug-likeness (QED) is 0.539. The van der Waals surface area contributed by atoms with E-state index in [9.17, 15) is 14.3 Å². The maximum Gasteiger partial charge on any atom is 0.358 e. The van der Waals surface area contributed by atoms with E-state index in [0.717, 1.165) is 0 Å². The first-order valence-corrected chi connectivity index (χ1v) is 8.16. The van der Waals surface area contributed by atoms with Gasteiger partial charge in [-0.3, -0.25) is 0 Å². The highest BCUT2D eigenvalue weighted by Gasteiger charge is 2.17. The number of oxime groups is 1. The van der Waals surface area contributed by atoms with E-state index >= 15 is 0 Å². The summed E-state index contributed by atoms with van der Waals surface area (Å²) in [5.41, 5.74) is 1.47. The summed E-state index contributed by atoms with van der Waals surface area (Å²) in [6, 6.07) is 13.5. The third kappa shape index (κ3) is 5.60. The largest absolute Gasteiger partial charge is 0.489 e. The highest BCUT2D eigenvalue weighted by Crippen LogP contribution is 2.19. The summed E-state index contributed by atoms with van der Waals surface area (Å²) in [6.45, 7) is 2.11. The van der Waals surface area contributed by atoms with Gasteiger partial charge in [-0.15, -0.1) is 0 Å². The van der Waals surface area contributed by atoms with Crippen molar-refractivity contribution in [1.29, 1.82) is 0 Å². The van der Waals surface area contributed by atoms with E-state index in [0.29, 0.717) is 22.4 Å². The molecule has 5 nitrogen and oxygen atoms in total. The zero-order valence-corrected chi connectivity index (χ0v) is 14.7. The lowest BCUT2D eigenvalue weighted by Crippen LogP contribution is -2.18. The smallest absolute Gasteiger partial charge is 0.358 e. The molecule has 0 spiro atoms. The number of hydrogen-bond acceptors (Lipinski definition) is 4. The summed E-state index contributed by atoms with van der Waals surface area (Å²) in [4.78, 5) is 16.4. The van der Waals surface area contributed by atoms with Crippen LogP contribution in [-0.2, 0) is 16.2 Å². The predicted octanol–water partition coefficient (Wildman–Crippen LogP) is 4.60. The second-order valence-electron chi connectivity index (χ2n) is 5.11. The lowest BCUT2D eigenvalue weighted by atomic mass is 10.0. The molecule has 0 aliphatic carbocycles. The van der Waals surface area contributed by atoms with Crippen molar-refractivity contribution in [3.63, 3.8) is 0 Å². The molecule has 0 atom stereocenters. The molecule has 2 rings (SSSR count). The molecule has 0 fully saturated rings. The Labute approximate surface area is 155 Å². The minimum Gasteiger partial charge on any atom is -0.489 e. The number of hydrogen-bond donors (Lipinski definition) is 1. The van der Waals surface area contributed by atoms with Crippen LogP contribution < -0.4 is 4.74 Å². The van der Waals surface area contributed by atoms with Crippen LogP contribution >= 0.6 is 11.6 Å². The van der Waals surface area contributed by atoms with Gasteiger partial charge in [-0.25, -0.2) is 4.79 Å². The number of rotatable bonds is 8. The van der Waals surface area contributed by atoms with E-state index in [2.05, 4.69) is 5.16 Å². The highest BCUT2D eigenvalue weighted by atomic mass is 35.5. The van der Waals surface area contributed by atoms with E-state index < -0.39 is 11.3 Å². The summed E-state index contributed by atoms with van der Waals surface area (Å²) in [5.74, 6) is -0.643. The summed E-state index contributed by atoms with van der Waals surface area (Å²) in [5, 5.41) is 12.2. The molecule has 0 unspecified atom stereocenters. The maximum absolute atomic E-state index is 12.7. The van der Waals surface area contributed by atoms with Gasteiger partial charge >= 0.3 is 5.97 Å². The van der Waals surface area contributed by atoms with Crippen LogP contribution in [0.15, 0.2) is 59.0 Å². The third-order valence-corrected chi connectivity index (χ3v) is 3.42. The topological polar surface area (TPSA) is 68.1 Å². The molecule has 0 saturated heterocycles. The molecular weight excluding hydrogens is 361 g/mol. The Balaban J connectivity index is 2.17. The molecule has 0 aliphatic heterocycles. The van der Waals surface area contributed by atoms with Crippen LogP contribution in [0.3, 0.4) is 0 Å². The van der Waals surface area contributed by atoms with Crippen molar-refractivity contribution in [2.45, 2.75) is 13.5 Å². The van der Waals surface area contributed by atoms with Gasteiger partial charge in [0.2, 0.25) is 0 Å². The molecule has 0 aliphatic rings. The van der Waals surface area contributed by atoms with Crippen LogP contribution in [-0.4, -0.2) is 23.4 Å². The standard InChI is InChI=1S/C19H17ClFNO4/c1-2-26-22-18(19(23)24)16-6-4-3-5-14(16)12-25-15-9-7-13(8-10-15)11-17(20)21/h3-11H,2,12H2,1H3,(H,23,24)/b17-11?,22-18+. The lowest BCUT2D eigenvalue weighted by Gasteiger charge is -2.11. The van der Waals surface area contributed by atoms with Gasteiger partial charge in [0, 0.05) is 5.56 Å². The molecule has 26 heavy (non-hydrogen) atoms. The fourth-order valence-electron chi connectivity index (χ4n) is 2.16. The second kappa shape index (κ2) is 9.58. The van der Waals surface area contributed by atoms with E-state index in [4.69, 9.17) is 21.2 Å². The van der Waals surface area contributed by atoms with Gasteiger partial charge in [0.1, 0.15) is 19.0 Å². The summed E-state index contributed by atoms with van der Waals surface area (Å²) in [6.07, 6.45) is 1.18.